The van der Waals surface area contributed by atoms with E-state index in [9.17, 15) is 14.3 Å². The summed E-state index contributed by atoms with van der Waals surface area (Å²) < 4.78 is 19.8. The van der Waals surface area contributed by atoms with Gasteiger partial charge in [0.05, 0.1) is 17.7 Å². The van der Waals surface area contributed by atoms with E-state index in [0.717, 1.165) is 11.8 Å². The van der Waals surface area contributed by atoms with Gasteiger partial charge in [-0.05, 0) is 32.2 Å². The molecule has 0 aliphatic heterocycles. The summed E-state index contributed by atoms with van der Waals surface area (Å²) in [6, 6.07) is 4.39. The van der Waals surface area contributed by atoms with Crippen molar-refractivity contribution in [1.82, 2.24) is 10.3 Å². The number of terminal acetylenes is 1. The molecule has 2 aromatic rings. The van der Waals surface area contributed by atoms with Crippen LogP contribution < -0.4 is 10.1 Å². The molecule has 0 saturated carbocycles. The Hall–Kier alpha value is -2.30. The van der Waals surface area contributed by atoms with Crippen LogP contribution in [-0.4, -0.2) is 39.8 Å². The molecule has 1 heterocycles. The fourth-order valence-electron chi connectivity index (χ4n) is 2.06. The van der Waals surface area contributed by atoms with E-state index in [-0.39, 0.29) is 12.4 Å². The summed E-state index contributed by atoms with van der Waals surface area (Å²) >= 11 is 1.12. The van der Waals surface area contributed by atoms with Crippen LogP contribution in [0.4, 0.5) is 4.39 Å². The van der Waals surface area contributed by atoms with Crippen molar-refractivity contribution in [3.63, 3.8) is 0 Å². The predicted molar refractivity (Wildman–Crippen MR) is 96.9 cm³/mol. The number of rotatable bonds is 6. The number of carbonyl (C=O) groups excluding carboxylic acids is 1. The first-order valence-electron chi connectivity index (χ1n) is 7.48. The van der Waals surface area contributed by atoms with E-state index in [1.165, 1.54) is 18.3 Å². The van der Waals surface area contributed by atoms with Gasteiger partial charge in [0.1, 0.15) is 0 Å². The molecule has 7 heteroatoms. The number of aromatic nitrogens is 1. The maximum atomic E-state index is 14.3. The van der Waals surface area contributed by atoms with Gasteiger partial charge in [-0.15, -0.1) is 18.2 Å². The van der Waals surface area contributed by atoms with Crippen molar-refractivity contribution in [2.45, 2.75) is 24.8 Å². The molecule has 1 atom stereocenters. The van der Waals surface area contributed by atoms with Gasteiger partial charge in [-0.3, -0.25) is 9.78 Å². The summed E-state index contributed by atoms with van der Waals surface area (Å²) in [4.78, 5) is 16.4. The van der Waals surface area contributed by atoms with Crippen molar-refractivity contribution in [2.24, 2.45) is 0 Å². The van der Waals surface area contributed by atoms with E-state index in [0.29, 0.717) is 16.5 Å². The molecule has 0 bridgehead atoms. The third kappa shape index (κ3) is 4.62. The quantitative estimate of drug-likeness (QED) is 0.610. The van der Waals surface area contributed by atoms with Gasteiger partial charge in [-0.25, -0.2) is 4.39 Å². The Bertz CT molecular complexity index is 833. The number of aliphatic hydroxyl groups is 1. The Balaban J connectivity index is 2.29. The lowest BCUT2D eigenvalue weighted by molar-refractivity contribution is -0.126. The maximum Gasteiger partial charge on any atom is 0.272 e. The fourth-order valence-corrected chi connectivity index (χ4v) is 2.53. The number of nitrogens with zero attached hydrogens (tertiary/aromatic N) is 1. The number of amides is 1. The number of ether oxygens (including phenoxy) is 1. The molecular formula is C18H19FN2O3S. The largest absolute Gasteiger partial charge is 0.467 e. The number of hydrogen-bond donors (Lipinski definition) is 2. The van der Waals surface area contributed by atoms with E-state index in [1.54, 1.807) is 26.2 Å². The first-order chi connectivity index (χ1) is 11.8. The fraction of sp³-hybridized carbons (Fsp3) is 0.333. The molecule has 5 nitrogen and oxygen atoms in total. The Morgan fingerprint density at radius 1 is 1.52 bits per heavy atom. The first kappa shape index (κ1) is 19.0. The van der Waals surface area contributed by atoms with Gasteiger partial charge in [-0.1, -0.05) is 5.92 Å². The highest BCUT2D eigenvalue weighted by atomic mass is 32.2. The minimum Gasteiger partial charge on any atom is -0.467 e. The van der Waals surface area contributed by atoms with Crippen molar-refractivity contribution < 1.29 is 19.0 Å². The van der Waals surface area contributed by atoms with E-state index >= 15 is 0 Å². The zero-order valence-corrected chi connectivity index (χ0v) is 15.0. The van der Waals surface area contributed by atoms with E-state index < -0.39 is 22.7 Å². The van der Waals surface area contributed by atoms with Crippen LogP contribution >= 0.6 is 11.8 Å². The second kappa shape index (κ2) is 7.72. The Morgan fingerprint density at radius 2 is 2.24 bits per heavy atom. The van der Waals surface area contributed by atoms with Gasteiger partial charge in [0.2, 0.25) is 5.44 Å². The van der Waals surface area contributed by atoms with E-state index in [4.69, 9.17) is 11.2 Å². The Labute approximate surface area is 150 Å². The van der Waals surface area contributed by atoms with Gasteiger partial charge in [0.25, 0.3) is 5.91 Å². The number of aliphatic hydroxyl groups excluding tert-OH is 1. The minimum absolute atomic E-state index is 0.0697. The molecule has 0 aliphatic rings. The number of carbonyl (C=O) groups is 1. The van der Waals surface area contributed by atoms with Gasteiger partial charge in [0.15, 0.2) is 11.6 Å². The van der Waals surface area contributed by atoms with Crippen molar-refractivity contribution in [1.29, 1.82) is 0 Å². The standard InChI is InChI=1S/C18H19FN2O3S/c1-5-11-6-12-7-15(13(19)8-14(12)20-9-11)24-17(25-4)16(23)21-18(2,3)10-22/h1,6-9,17,22H,10H2,2-4H3,(H,21,23). The van der Waals surface area contributed by atoms with Crippen molar-refractivity contribution in [2.75, 3.05) is 12.9 Å². The van der Waals surface area contributed by atoms with Crippen molar-refractivity contribution in [3.8, 4) is 18.1 Å². The molecule has 0 spiro atoms. The maximum absolute atomic E-state index is 14.3. The highest BCUT2D eigenvalue weighted by Crippen LogP contribution is 2.27. The zero-order chi connectivity index (χ0) is 18.6. The molecule has 0 radical (unpaired) electrons. The van der Waals surface area contributed by atoms with Crippen LogP contribution in [0.5, 0.6) is 5.75 Å². The lowest BCUT2D eigenvalue weighted by atomic mass is 10.1. The molecule has 132 valence electrons. The molecule has 25 heavy (non-hydrogen) atoms. The van der Waals surface area contributed by atoms with Crippen LogP contribution in [0.1, 0.15) is 19.4 Å². The number of hydrogen-bond acceptors (Lipinski definition) is 5. The number of halogens is 1. The third-order valence-electron chi connectivity index (χ3n) is 3.42. The van der Waals surface area contributed by atoms with Crippen LogP contribution in [0.15, 0.2) is 24.4 Å². The minimum atomic E-state index is -0.971. The summed E-state index contributed by atoms with van der Waals surface area (Å²) in [5.74, 6) is 1.32. The van der Waals surface area contributed by atoms with E-state index in [2.05, 4.69) is 16.2 Å². The lowest BCUT2D eigenvalue weighted by Crippen LogP contribution is -2.50. The SMILES string of the molecule is C#Cc1cnc2cc(F)c(OC(SC)C(=O)NC(C)(C)CO)cc2c1. The molecule has 2 N–H and O–H groups in total. The number of thioether (sulfide) groups is 1. The molecule has 1 aromatic carbocycles. The predicted octanol–water partition coefficient (Wildman–Crippen LogP) is 2.31. The zero-order valence-electron chi connectivity index (χ0n) is 14.2. The first-order valence-corrected chi connectivity index (χ1v) is 8.76. The molecule has 0 aliphatic carbocycles. The summed E-state index contributed by atoms with van der Waals surface area (Å²) in [5.41, 5.74) is -0.770. The summed E-state index contributed by atoms with van der Waals surface area (Å²) in [6.07, 6.45) is 8.51. The second-order valence-electron chi connectivity index (χ2n) is 6.06. The molecule has 1 amide bonds. The average Bonchev–Trinajstić information content (AvgIpc) is 2.58. The second-order valence-corrected chi connectivity index (χ2v) is 6.96. The third-order valence-corrected chi connectivity index (χ3v) is 4.16. The number of benzene rings is 1. The average molecular weight is 362 g/mol. The van der Waals surface area contributed by atoms with Crippen LogP contribution in [0.3, 0.4) is 0 Å². The topological polar surface area (TPSA) is 71.5 Å². The molecule has 1 unspecified atom stereocenters. The van der Waals surface area contributed by atoms with Gasteiger partial charge in [0, 0.05) is 23.2 Å². The summed E-state index contributed by atoms with van der Waals surface area (Å²) in [5, 5.41) is 12.5. The van der Waals surface area contributed by atoms with Gasteiger partial charge in [-0.2, -0.15) is 0 Å². The van der Waals surface area contributed by atoms with Gasteiger partial charge < -0.3 is 15.2 Å². The summed E-state index contributed by atoms with van der Waals surface area (Å²) in [7, 11) is 0. The number of fused-ring (bicyclic) bond motifs is 1. The molecule has 1 aromatic heterocycles. The van der Waals surface area contributed by atoms with Gasteiger partial charge >= 0.3 is 0 Å². The Morgan fingerprint density at radius 3 is 2.84 bits per heavy atom. The molecule has 0 fully saturated rings. The normalized spacial score (nSPS) is 12.5. The molecule has 0 saturated heterocycles. The summed E-state index contributed by atoms with van der Waals surface area (Å²) in [6.45, 7) is 3.11. The molecular weight excluding hydrogens is 343 g/mol. The van der Waals surface area contributed by atoms with Crippen LogP contribution in [0.2, 0.25) is 0 Å². The highest BCUT2D eigenvalue weighted by molar-refractivity contribution is 7.99. The van der Waals surface area contributed by atoms with Crippen molar-refractivity contribution >= 4 is 28.6 Å². The number of nitrogens with one attached hydrogen (secondary N) is 1. The van der Waals surface area contributed by atoms with Crippen LogP contribution in [-0.2, 0) is 4.79 Å². The van der Waals surface area contributed by atoms with E-state index in [1.807, 2.05) is 0 Å². The number of pyridine rings is 1. The van der Waals surface area contributed by atoms with Crippen LogP contribution in [0, 0.1) is 18.2 Å². The molecule has 2 rings (SSSR count). The van der Waals surface area contributed by atoms with Crippen molar-refractivity contribution in [3.05, 3.63) is 35.8 Å². The monoisotopic (exact) mass is 362 g/mol. The smallest absolute Gasteiger partial charge is 0.272 e. The highest BCUT2D eigenvalue weighted by Gasteiger charge is 2.27. The Kier molecular flexibility index (Phi) is 5.88. The van der Waals surface area contributed by atoms with Crippen LogP contribution in [0.25, 0.3) is 10.9 Å². The lowest BCUT2D eigenvalue weighted by Gasteiger charge is -2.26.